The molecule has 1 amide bonds. The molecule has 1 aromatic carbocycles. The summed E-state index contributed by atoms with van der Waals surface area (Å²) in [4.78, 5) is 11.4. The van der Waals surface area contributed by atoms with E-state index in [4.69, 9.17) is 5.73 Å². The van der Waals surface area contributed by atoms with E-state index in [-0.39, 0.29) is 11.7 Å². The number of nitrogens with one attached hydrogen (secondary N) is 2. The summed E-state index contributed by atoms with van der Waals surface area (Å²) in [5, 5.41) is 4.18. The van der Waals surface area contributed by atoms with Gasteiger partial charge in [0.25, 0.3) is 5.91 Å². The van der Waals surface area contributed by atoms with Crippen LogP contribution in [0.3, 0.4) is 0 Å². The normalized spacial score (nSPS) is 20.0. The fourth-order valence-electron chi connectivity index (χ4n) is 2.89. The number of sulfone groups is 1. The Morgan fingerprint density at radius 1 is 1.43 bits per heavy atom. The highest BCUT2D eigenvalue weighted by molar-refractivity contribution is 7.92. The molecule has 2 unspecified atom stereocenters. The maximum Gasteiger partial charge on any atom is 0.255 e. The van der Waals surface area contributed by atoms with Crippen molar-refractivity contribution in [2.45, 2.75) is 37.6 Å². The average molecular weight is 343 g/mol. The quantitative estimate of drug-likeness (QED) is 0.746. The van der Waals surface area contributed by atoms with Crippen LogP contribution in [-0.4, -0.2) is 32.5 Å². The van der Waals surface area contributed by atoms with Crippen molar-refractivity contribution < 1.29 is 17.6 Å². The van der Waals surface area contributed by atoms with E-state index >= 15 is 0 Å². The van der Waals surface area contributed by atoms with E-state index in [0.717, 1.165) is 37.6 Å². The minimum atomic E-state index is -3.80. The van der Waals surface area contributed by atoms with Crippen LogP contribution in [0, 0.1) is 12.7 Å². The first-order chi connectivity index (χ1) is 10.7. The minimum absolute atomic E-state index is 0.00379. The molecule has 128 valence electrons. The Bertz CT molecular complexity index is 700. The van der Waals surface area contributed by atoms with E-state index in [1.165, 1.54) is 6.07 Å². The van der Waals surface area contributed by atoms with E-state index in [1.54, 1.807) is 13.0 Å². The van der Waals surface area contributed by atoms with Crippen LogP contribution in [0.5, 0.6) is 0 Å². The third-order valence-corrected chi connectivity index (χ3v) is 5.31. The molecule has 1 heterocycles. The maximum absolute atomic E-state index is 14.2. The lowest BCUT2D eigenvalue weighted by atomic mass is 9.93. The number of nitrogens with two attached hydrogens (primary N) is 1. The maximum atomic E-state index is 14.2. The third-order valence-electron chi connectivity index (χ3n) is 4.10. The Kier molecular flexibility index (Phi) is 5.26. The zero-order valence-corrected chi connectivity index (χ0v) is 14.0. The van der Waals surface area contributed by atoms with Crippen LogP contribution in [0.2, 0.25) is 0 Å². The topological polar surface area (TPSA) is 101 Å². The van der Waals surface area contributed by atoms with E-state index in [2.05, 4.69) is 10.6 Å². The standard InChI is InChI=1S/C15H22FN3O3S/c1-9-10(12-5-3-4-8-18-12)6-7-11(16)13(9)19-15(14(17)20)23(2,21)22/h6-7,12,15,18-19H,3-5,8H2,1-2H3,(H2,17,20). The highest BCUT2D eigenvalue weighted by atomic mass is 32.2. The molecule has 1 fully saturated rings. The number of amides is 1. The summed E-state index contributed by atoms with van der Waals surface area (Å²) in [6, 6.07) is 3.06. The van der Waals surface area contributed by atoms with Crippen LogP contribution in [0.15, 0.2) is 12.1 Å². The smallest absolute Gasteiger partial charge is 0.255 e. The molecule has 1 saturated heterocycles. The second-order valence-electron chi connectivity index (χ2n) is 5.90. The molecule has 23 heavy (non-hydrogen) atoms. The summed E-state index contributed by atoms with van der Waals surface area (Å²) in [6.07, 6.45) is 3.98. The van der Waals surface area contributed by atoms with Crippen molar-refractivity contribution in [1.29, 1.82) is 0 Å². The first kappa shape index (κ1) is 17.7. The summed E-state index contributed by atoms with van der Waals surface area (Å²) < 4.78 is 37.6. The number of hydrogen-bond donors (Lipinski definition) is 3. The molecule has 0 aliphatic carbocycles. The van der Waals surface area contributed by atoms with Gasteiger partial charge >= 0.3 is 0 Å². The van der Waals surface area contributed by atoms with Crippen molar-refractivity contribution in [1.82, 2.24) is 5.32 Å². The Balaban J connectivity index is 2.39. The van der Waals surface area contributed by atoms with Gasteiger partial charge in [0.2, 0.25) is 5.37 Å². The van der Waals surface area contributed by atoms with Gasteiger partial charge in [-0.3, -0.25) is 4.79 Å². The fraction of sp³-hybridized carbons (Fsp3) is 0.533. The monoisotopic (exact) mass is 343 g/mol. The van der Waals surface area contributed by atoms with Gasteiger partial charge in [-0.15, -0.1) is 0 Å². The summed E-state index contributed by atoms with van der Waals surface area (Å²) in [6.45, 7) is 2.59. The molecule has 4 N–H and O–H groups in total. The predicted octanol–water partition coefficient (Wildman–Crippen LogP) is 1.22. The third kappa shape index (κ3) is 4.00. The Labute approximate surface area is 135 Å². The highest BCUT2D eigenvalue weighted by Crippen LogP contribution is 2.31. The number of anilines is 1. The fourth-order valence-corrected chi connectivity index (χ4v) is 3.64. The van der Waals surface area contributed by atoms with Gasteiger partial charge in [-0.1, -0.05) is 12.5 Å². The highest BCUT2D eigenvalue weighted by Gasteiger charge is 2.29. The Morgan fingerprint density at radius 3 is 2.65 bits per heavy atom. The average Bonchev–Trinajstić information content (AvgIpc) is 2.46. The number of benzene rings is 1. The van der Waals surface area contributed by atoms with Crippen molar-refractivity contribution in [3.63, 3.8) is 0 Å². The lowest BCUT2D eigenvalue weighted by Gasteiger charge is -2.27. The Morgan fingerprint density at radius 2 is 2.13 bits per heavy atom. The second kappa shape index (κ2) is 6.84. The van der Waals surface area contributed by atoms with Crippen molar-refractivity contribution in [2.75, 3.05) is 18.1 Å². The van der Waals surface area contributed by atoms with E-state index in [1.807, 2.05) is 0 Å². The summed E-state index contributed by atoms with van der Waals surface area (Å²) in [7, 11) is -3.80. The molecule has 6 nitrogen and oxygen atoms in total. The molecule has 2 rings (SSSR count). The van der Waals surface area contributed by atoms with Crippen LogP contribution in [0.4, 0.5) is 10.1 Å². The summed E-state index contributed by atoms with van der Waals surface area (Å²) in [5.41, 5.74) is 6.62. The summed E-state index contributed by atoms with van der Waals surface area (Å²) >= 11 is 0. The molecular formula is C15H22FN3O3S. The number of rotatable bonds is 5. The zero-order chi connectivity index (χ0) is 17.2. The SMILES string of the molecule is Cc1c(C2CCCCN2)ccc(F)c1NC(C(N)=O)S(C)(=O)=O. The van der Waals surface area contributed by atoms with Crippen LogP contribution < -0.4 is 16.4 Å². The number of piperidine rings is 1. The molecule has 2 atom stereocenters. The number of halogens is 1. The van der Waals surface area contributed by atoms with E-state index in [9.17, 15) is 17.6 Å². The number of carbonyl (C=O) groups excluding carboxylic acids is 1. The lowest BCUT2D eigenvalue weighted by molar-refractivity contribution is -0.117. The van der Waals surface area contributed by atoms with Crippen molar-refractivity contribution in [3.05, 3.63) is 29.1 Å². The molecule has 1 aliphatic rings. The predicted molar refractivity (Wildman–Crippen MR) is 87.2 cm³/mol. The number of carbonyl (C=O) groups is 1. The van der Waals surface area contributed by atoms with Crippen LogP contribution >= 0.6 is 0 Å². The van der Waals surface area contributed by atoms with Crippen LogP contribution in [0.1, 0.15) is 36.4 Å². The molecule has 0 bridgehead atoms. The van der Waals surface area contributed by atoms with Gasteiger partial charge in [0.15, 0.2) is 9.84 Å². The Hall–Kier alpha value is -1.67. The molecule has 0 radical (unpaired) electrons. The largest absolute Gasteiger partial charge is 0.367 e. The number of primary amides is 1. The van der Waals surface area contributed by atoms with Gasteiger partial charge in [0.05, 0.1) is 5.69 Å². The molecule has 0 spiro atoms. The lowest BCUT2D eigenvalue weighted by Crippen LogP contribution is -2.42. The van der Waals surface area contributed by atoms with Gasteiger partial charge in [0.1, 0.15) is 5.82 Å². The van der Waals surface area contributed by atoms with Crippen LogP contribution in [-0.2, 0) is 14.6 Å². The first-order valence-corrected chi connectivity index (χ1v) is 9.44. The zero-order valence-electron chi connectivity index (χ0n) is 13.2. The van der Waals surface area contributed by atoms with Crippen molar-refractivity contribution in [2.24, 2.45) is 5.73 Å². The summed E-state index contributed by atoms with van der Waals surface area (Å²) in [5.74, 6) is -1.68. The van der Waals surface area contributed by atoms with Gasteiger partial charge in [-0.25, -0.2) is 12.8 Å². The van der Waals surface area contributed by atoms with E-state index < -0.39 is 26.9 Å². The molecule has 0 aromatic heterocycles. The van der Waals surface area contributed by atoms with E-state index in [0.29, 0.717) is 5.56 Å². The minimum Gasteiger partial charge on any atom is -0.367 e. The van der Waals surface area contributed by atoms with Crippen molar-refractivity contribution >= 4 is 21.4 Å². The van der Waals surface area contributed by atoms with Gasteiger partial charge < -0.3 is 16.4 Å². The molecule has 8 heteroatoms. The van der Waals surface area contributed by atoms with Crippen molar-refractivity contribution in [3.8, 4) is 0 Å². The molecular weight excluding hydrogens is 321 g/mol. The molecule has 1 aliphatic heterocycles. The first-order valence-electron chi connectivity index (χ1n) is 7.49. The molecule has 1 aromatic rings. The van der Waals surface area contributed by atoms with Crippen LogP contribution in [0.25, 0.3) is 0 Å². The van der Waals surface area contributed by atoms with Gasteiger partial charge in [-0.2, -0.15) is 0 Å². The second-order valence-corrected chi connectivity index (χ2v) is 8.03. The van der Waals surface area contributed by atoms with Gasteiger partial charge in [0, 0.05) is 12.3 Å². The number of hydrogen-bond acceptors (Lipinski definition) is 5. The van der Waals surface area contributed by atoms with Gasteiger partial charge in [-0.05, 0) is 43.5 Å². The molecule has 0 saturated carbocycles.